The second kappa shape index (κ2) is 9.27. The van der Waals surface area contributed by atoms with E-state index in [1.807, 2.05) is 31.2 Å². The van der Waals surface area contributed by atoms with Gasteiger partial charge in [-0.05, 0) is 37.3 Å². The number of carbonyl (C=O) groups excluding carboxylic acids is 1. The van der Waals surface area contributed by atoms with Gasteiger partial charge in [-0.1, -0.05) is 11.6 Å². The van der Waals surface area contributed by atoms with Gasteiger partial charge in [0, 0.05) is 49.8 Å². The molecule has 1 aromatic heterocycles. The van der Waals surface area contributed by atoms with Crippen molar-refractivity contribution >= 4 is 40.7 Å². The molecule has 0 aliphatic carbocycles. The maximum atomic E-state index is 11.8. The van der Waals surface area contributed by atoms with Crippen molar-refractivity contribution in [3.05, 3.63) is 47.7 Å². The molecule has 164 valence electrons. The molecule has 1 fully saturated rings. The highest BCUT2D eigenvalue weighted by Crippen LogP contribution is 2.22. The predicted octanol–water partition coefficient (Wildman–Crippen LogP) is 2.05. The number of nitrogens with two attached hydrogens (primary N) is 1. The molecule has 2 aromatic rings. The lowest BCUT2D eigenvalue weighted by Crippen LogP contribution is -2.49. The number of rotatable bonds is 4. The SMILES string of the molecule is CCOC(=O)N1CCN(c2ccc(NC3=NC(N)N(c4ccnc(Cl)c4)N3)cc2)CC1. The van der Waals surface area contributed by atoms with Gasteiger partial charge in [0.25, 0.3) is 0 Å². The van der Waals surface area contributed by atoms with Gasteiger partial charge in [0.05, 0.1) is 12.3 Å². The lowest BCUT2D eigenvalue weighted by Gasteiger charge is -2.35. The van der Waals surface area contributed by atoms with Crippen LogP contribution in [0.3, 0.4) is 0 Å². The number of benzene rings is 1. The summed E-state index contributed by atoms with van der Waals surface area (Å²) in [6, 6.07) is 11.6. The highest BCUT2D eigenvalue weighted by Gasteiger charge is 2.24. The molecule has 0 bridgehead atoms. The summed E-state index contributed by atoms with van der Waals surface area (Å²) in [6.45, 7) is 5.03. The third-order valence-corrected chi connectivity index (χ3v) is 5.25. The average Bonchev–Trinajstić information content (AvgIpc) is 3.14. The molecule has 2 aliphatic rings. The molecule has 1 unspecified atom stereocenters. The van der Waals surface area contributed by atoms with Gasteiger partial charge in [-0.2, -0.15) is 0 Å². The van der Waals surface area contributed by atoms with Crippen LogP contribution in [0, 0.1) is 0 Å². The molecule has 1 atom stereocenters. The lowest BCUT2D eigenvalue weighted by molar-refractivity contribution is 0.105. The smallest absolute Gasteiger partial charge is 0.409 e. The number of hydrazine groups is 1. The molecule has 4 rings (SSSR count). The zero-order valence-electron chi connectivity index (χ0n) is 17.2. The summed E-state index contributed by atoms with van der Waals surface area (Å²) in [5.74, 6) is 0.538. The highest BCUT2D eigenvalue weighted by molar-refractivity contribution is 6.29. The van der Waals surface area contributed by atoms with Gasteiger partial charge in [0.1, 0.15) is 5.15 Å². The zero-order chi connectivity index (χ0) is 21.8. The Morgan fingerprint density at radius 1 is 1.23 bits per heavy atom. The maximum Gasteiger partial charge on any atom is 0.409 e. The van der Waals surface area contributed by atoms with Crippen molar-refractivity contribution in [3.63, 3.8) is 0 Å². The molecule has 4 N–H and O–H groups in total. The first-order chi connectivity index (χ1) is 15.0. The van der Waals surface area contributed by atoms with Gasteiger partial charge in [0.2, 0.25) is 5.96 Å². The van der Waals surface area contributed by atoms with E-state index in [1.54, 1.807) is 28.2 Å². The Labute approximate surface area is 185 Å². The molecule has 0 spiro atoms. The van der Waals surface area contributed by atoms with E-state index in [2.05, 4.69) is 25.6 Å². The fraction of sp³-hybridized carbons (Fsp3) is 0.350. The number of halogens is 1. The van der Waals surface area contributed by atoms with Crippen LogP contribution in [0.1, 0.15) is 6.92 Å². The van der Waals surface area contributed by atoms with E-state index in [9.17, 15) is 4.79 Å². The van der Waals surface area contributed by atoms with Crippen molar-refractivity contribution in [2.45, 2.75) is 13.2 Å². The summed E-state index contributed by atoms with van der Waals surface area (Å²) in [5, 5.41) is 5.32. The first kappa shape index (κ1) is 21.0. The molecule has 0 radical (unpaired) electrons. The van der Waals surface area contributed by atoms with E-state index >= 15 is 0 Å². The average molecular weight is 445 g/mol. The quantitative estimate of drug-likeness (QED) is 0.614. The van der Waals surface area contributed by atoms with Crippen molar-refractivity contribution < 1.29 is 9.53 Å². The largest absolute Gasteiger partial charge is 0.450 e. The Morgan fingerprint density at radius 3 is 2.65 bits per heavy atom. The van der Waals surface area contributed by atoms with Crippen LogP contribution in [0.4, 0.5) is 21.9 Å². The second-order valence-electron chi connectivity index (χ2n) is 7.05. The van der Waals surface area contributed by atoms with Crippen molar-refractivity contribution in [3.8, 4) is 0 Å². The summed E-state index contributed by atoms with van der Waals surface area (Å²) in [6.07, 6.45) is 0.784. The Kier molecular flexibility index (Phi) is 6.28. The van der Waals surface area contributed by atoms with E-state index < -0.39 is 6.29 Å². The van der Waals surface area contributed by atoms with Crippen LogP contribution in [-0.4, -0.2) is 61.0 Å². The van der Waals surface area contributed by atoms with Crippen LogP contribution in [0.15, 0.2) is 47.6 Å². The fourth-order valence-electron chi connectivity index (χ4n) is 3.47. The van der Waals surface area contributed by atoms with Crippen molar-refractivity contribution in [1.82, 2.24) is 15.3 Å². The van der Waals surface area contributed by atoms with Gasteiger partial charge >= 0.3 is 6.09 Å². The number of anilines is 3. The number of guanidine groups is 1. The van der Waals surface area contributed by atoms with Gasteiger partial charge in [0.15, 0.2) is 6.29 Å². The first-order valence-corrected chi connectivity index (χ1v) is 10.5. The Hall–Kier alpha value is -3.24. The number of nitrogens with zero attached hydrogens (tertiary/aromatic N) is 5. The zero-order valence-corrected chi connectivity index (χ0v) is 17.9. The summed E-state index contributed by atoms with van der Waals surface area (Å²) in [7, 11) is 0. The molecule has 11 heteroatoms. The standard InChI is InChI=1S/C20H25ClN8O2/c1-2-31-20(30)28-11-9-27(10-12-28)15-5-3-14(4-6-15)24-19-25-18(22)29(26-19)16-7-8-23-17(21)13-16/h3-8,13,18H,2,9-12,22H2,1H3,(H2,24,25,26). The third kappa shape index (κ3) is 4.92. The Balaban J connectivity index is 1.32. The Morgan fingerprint density at radius 2 is 1.97 bits per heavy atom. The van der Waals surface area contributed by atoms with Gasteiger partial charge < -0.3 is 19.9 Å². The molecular weight excluding hydrogens is 420 g/mol. The number of piperazine rings is 1. The minimum absolute atomic E-state index is 0.243. The molecule has 31 heavy (non-hydrogen) atoms. The maximum absolute atomic E-state index is 11.8. The summed E-state index contributed by atoms with van der Waals surface area (Å²) < 4.78 is 5.07. The fourth-order valence-corrected chi connectivity index (χ4v) is 3.64. The second-order valence-corrected chi connectivity index (χ2v) is 7.44. The van der Waals surface area contributed by atoms with E-state index in [-0.39, 0.29) is 6.09 Å². The number of aliphatic imine (C=N–C) groups is 1. The predicted molar refractivity (Wildman–Crippen MR) is 121 cm³/mol. The van der Waals surface area contributed by atoms with Crippen molar-refractivity contribution in [1.29, 1.82) is 0 Å². The lowest BCUT2D eigenvalue weighted by atomic mass is 10.2. The van der Waals surface area contributed by atoms with Crippen LogP contribution >= 0.6 is 11.6 Å². The van der Waals surface area contributed by atoms with Crippen LogP contribution in [0.25, 0.3) is 0 Å². The van der Waals surface area contributed by atoms with Gasteiger partial charge in [-0.25, -0.2) is 19.8 Å². The molecule has 0 saturated carbocycles. The number of pyridine rings is 1. The number of hydrogen-bond acceptors (Lipinski definition) is 9. The van der Waals surface area contributed by atoms with E-state index in [0.29, 0.717) is 30.8 Å². The van der Waals surface area contributed by atoms with Crippen molar-refractivity contribution in [2.24, 2.45) is 10.7 Å². The van der Waals surface area contributed by atoms with Crippen LogP contribution in [0.2, 0.25) is 5.15 Å². The van der Waals surface area contributed by atoms with Gasteiger partial charge in [-0.3, -0.25) is 11.2 Å². The van der Waals surface area contributed by atoms with Crippen LogP contribution in [0.5, 0.6) is 0 Å². The first-order valence-electron chi connectivity index (χ1n) is 10.1. The van der Waals surface area contributed by atoms with Crippen molar-refractivity contribution in [2.75, 3.05) is 48.0 Å². The van der Waals surface area contributed by atoms with E-state index in [1.165, 1.54) is 0 Å². The summed E-state index contributed by atoms with van der Waals surface area (Å²) in [4.78, 5) is 24.2. The molecule has 1 amide bonds. The number of hydrogen-bond donors (Lipinski definition) is 3. The van der Waals surface area contributed by atoms with Crippen LogP contribution in [-0.2, 0) is 4.74 Å². The number of aromatic nitrogens is 1. The monoisotopic (exact) mass is 444 g/mol. The number of ether oxygens (including phenoxy) is 1. The molecule has 2 aliphatic heterocycles. The minimum atomic E-state index is -0.587. The molecule has 10 nitrogen and oxygen atoms in total. The Bertz CT molecular complexity index is 946. The molecule has 1 saturated heterocycles. The third-order valence-electron chi connectivity index (χ3n) is 5.04. The highest BCUT2D eigenvalue weighted by atomic mass is 35.5. The van der Waals surface area contributed by atoms with E-state index in [0.717, 1.165) is 30.2 Å². The van der Waals surface area contributed by atoms with Crippen LogP contribution < -0.4 is 26.4 Å². The topological polar surface area (TPSA) is 111 Å². The molecular formula is C20H25ClN8O2. The number of carbonyl (C=O) groups is 1. The molecule has 1 aromatic carbocycles. The number of nitrogens with one attached hydrogen (secondary N) is 2. The normalized spacial score (nSPS) is 18.5. The van der Waals surface area contributed by atoms with E-state index in [4.69, 9.17) is 22.1 Å². The number of amides is 1. The van der Waals surface area contributed by atoms with Gasteiger partial charge in [-0.15, -0.1) is 0 Å². The summed E-state index contributed by atoms with van der Waals surface area (Å²) >= 11 is 5.96. The summed E-state index contributed by atoms with van der Waals surface area (Å²) in [5.41, 5.74) is 12.0. The minimum Gasteiger partial charge on any atom is -0.450 e. The molecule has 3 heterocycles.